The van der Waals surface area contributed by atoms with Crippen LogP contribution >= 0.6 is 0 Å². The molecule has 61 heavy (non-hydrogen) atoms. The van der Waals surface area contributed by atoms with Crippen LogP contribution in [0.2, 0.25) is 0 Å². The number of rotatable bonds is 9. The van der Waals surface area contributed by atoms with E-state index < -0.39 is 108 Å². The SMILES string of the molecule is CC(C)C[C@@H]1NC(=O)[C@H]([C@@H](C)O)NC(=O)[C@H](CC(C)C)N(C)C(=O)CN(C)C(=O)[C@H](Cc2ccccc2)N(C)C(=O)[C@H](C(C)C)NC(=O)C[C@@H](C(=O)N2CCCCC2)NC1=O. The minimum Gasteiger partial charge on any atom is -0.391 e. The van der Waals surface area contributed by atoms with Crippen molar-refractivity contribution in [1.82, 2.24) is 40.9 Å². The minimum absolute atomic E-state index is 0.0756. The second-order valence-electron chi connectivity index (χ2n) is 17.9. The summed E-state index contributed by atoms with van der Waals surface area (Å²) in [6.07, 6.45) is 0.791. The van der Waals surface area contributed by atoms with Crippen molar-refractivity contribution >= 4 is 47.3 Å². The first-order chi connectivity index (χ1) is 28.6. The number of carbonyl (C=O) groups excluding carboxylic acids is 8. The molecule has 17 heteroatoms. The largest absolute Gasteiger partial charge is 0.391 e. The molecule has 340 valence electrons. The van der Waals surface area contributed by atoms with Gasteiger partial charge in [-0.1, -0.05) is 71.9 Å². The van der Waals surface area contributed by atoms with Crippen molar-refractivity contribution in [2.24, 2.45) is 17.8 Å². The summed E-state index contributed by atoms with van der Waals surface area (Å²) >= 11 is 0. The van der Waals surface area contributed by atoms with E-state index in [9.17, 15) is 43.5 Å². The molecule has 0 saturated carbocycles. The van der Waals surface area contributed by atoms with Crippen LogP contribution in [0.3, 0.4) is 0 Å². The van der Waals surface area contributed by atoms with Gasteiger partial charge in [-0.15, -0.1) is 0 Å². The van der Waals surface area contributed by atoms with Gasteiger partial charge in [0.1, 0.15) is 36.3 Å². The first kappa shape index (κ1) is 50.3. The summed E-state index contributed by atoms with van der Waals surface area (Å²) in [7, 11) is 4.31. The molecule has 1 aromatic rings. The van der Waals surface area contributed by atoms with Crippen molar-refractivity contribution in [3.63, 3.8) is 0 Å². The van der Waals surface area contributed by atoms with Crippen molar-refractivity contribution in [2.75, 3.05) is 40.8 Å². The number of nitrogens with zero attached hydrogens (tertiary/aromatic N) is 4. The van der Waals surface area contributed by atoms with E-state index in [-0.39, 0.29) is 31.1 Å². The van der Waals surface area contributed by atoms with E-state index in [0.29, 0.717) is 13.1 Å². The quantitative estimate of drug-likeness (QED) is 0.237. The van der Waals surface area contributed by atoms with Crippen LogP contribution in [0.25, 0.3) is 0 Å². The normalized spacial score (nSPS) is 25.8. The van der Waals surface area contributed by atoms with Gasteiger partial charge >= 0.3 is 0 Å². The van der Waals surface area contributed by atoms with Crippen molar-refractivity contribution in [2.45, 2.75) is 136 Å². The van der Waals surface area contributed by atoms with E-state index in [1.807, 2.05) is 45.9 Å². The van der Waals surface area contributed by atoms with Gasteiger partial charge in [0, 0.05) is 40.7 Å². The predicted octanol–water partition coefficient (Wildman–Crippen LogP) is 0.826. The zero-order valence-corrected chi connectivity index (χ0v) is 37.7. The van der Waals surface area contributed by atoms with Crippen LogP contribution in [0.4, 0.5) is 0 Å². The molecular formula is C44H70N8O9. The number of likely N-dealkylation sites (tertiary alicyclic amines) is 1. The molecule has 2 aliphatic rings. The molecule has 0 aromatic heterocycles. The molecule has 0 unspecified atom stereocenters. The maximum atomic E-state index is 14.4. The Morgan fingerprint density at radius 3 is 1.85 bits per heavy atom. The predicted molar refractivity (Wildman–Crippen MR) is 229 cm³/mol. The van der Waals surface area contributed by atoms with Crippen molar-refractivity contribution in [3.05, 3.63) is 35.9 Å². The fourth-order valence-corrected chi connectivity index (χ4v) is 7.67. The fraction of sp³-hybridized carbons (Fsp3) is 0.682. The summed E-state index contributed by atoms with van der Waals surface area (Å²) < 4.78 is 0. The Morgan fingerprint density at radius 1 is 0.689 bits per heavy atom. The van der Waals surface area contributed by atoms with Crippen LogP contribution in [0.5, 0.6) is 0 Å². The zero-order chi connectivity index (χ0) is 45.7. The lowest BCUT2D eigenvalue weighted by Gasteiger charge is -2.36. The summed E-state index contributed by atoms with van der Waals surface area (Å²) in [4.78, 5) is 118. The smallest absolute Gasteiger partial charge is 0.245 e. The number of piperidine rings is 1. The van der Waals surface area contributed by atoms with Crippen molar-refractivity contribution in [3.8, 4) is 0 Å². The molecule has 2 heterocycles. The Kier molecular flexibility index (Phi) is 19.2. The molecule has 3 rings (SSSR count). The standard InChI is InChI=1S/C44H70N8O9/c1-26(2)21-31-39(56)46-32(42(59)52-19-15-12-16-20-52)24-35(54)47-37(28(5)6)44(61)51(10)34(23-30-17-13-11-14-18-30)43(60)49(8)25-36(55)50(9)33(22-27(3)4)40(57)48-38(29(7)53)41(58)45-31/h11,13-14,17-18,26-29,31-34,37-38,53H,12,15-16,19-25H2,1-10H3,(H,45,58)(H,46,56)(H,47,54)(H,48,57)/t29-,31+,32+,33+,34+,37+,38+/m1/s1. The van der Waals surface area contributed by atoms with Crippen molar-refractivity contribution in [1.29, 1.82) is 0 Å². The average molecular weight is 855 g/mol. The second kappa shape index (κ2) is 23.2. The van der Waals surface area contributed by atoms with Crippen LogP contribution in [-0.2, 0) is 44.8 Å². The topological polar surface area (TPSA) is 218 Å². The van der Waals surface area contributed by atoms with E-state index in [2.05, 4.69) is 21.3 Å². The average Bonchev–Trinajstić information content (AvgIpc) is 3.20. The summed E-state index contributed by atoms with van der Waals surface area (Å²) in [5.74, 6) is -6.04. The molecule has 8 amide bonds. The number of hydrogen-bond donors (Lipinski definition) is 5. The third kappa shape index (κ3) is 14.5. The van der Waals surface area contributed by atoms with E-state index in [1.165, 1.54) is 42.8 Å². The van der Waals surface area contributed by atoms with Gasteiger partial charge in [-0.25, -0.2) is 0 Å². The molecule has 5 N–H and O–H groups in total. The first-order valence-electron chi connectivity index (χ1n) is 21.6. The molecular weight excluding hydrogens is 785 g/mol. The lowest BCUT2D eigenvalue weighted by molar-refractivity contribution is -0.149. The number of amides is 8. The Bertz CT molecular complexity index is 1700. The highest BCUT2D eigenvalue weighted by Crippen LogP contribution is 2.18. The number of hydrogen-bond acceptors (Lipinski definition) is 9. The second-order valence-corrected chi connectivity index (χ2v) is 17.9. The van der Waals surface area contributed by atoms with Gasteiger partial charge in [-0.05, 0) is 62.3 Å². The molecule has 1 aromatic carbocycles. The highest BCUT2D eigenvalue weighted by Gasteiger charge is 2.40. The maximum Gasteiger partial charge on any atom is 0.245 e. The Morgan fingerprint density at radius 2 is 1.30 bits per heavy atom. The molecule has 0 spiro atoms. The van der Waals surface area contributed by atoms with Gasteiger partial charge in [0.15, 0.2) is 0 Å². The minimum atomic E-state index is -1.55. The van der Waals surface area contributed by atoms with Crippen LogP contribution in [-0.4, -0.2) is 155 Å². The number of nitrogens with one attached hydrogen (secondary N) is 4. The van der Waals surface area contributed by atoms with Gasteiger partial charge < -0.3 is 46.0 Å². The summed E-state index contributed by atoms with van der Waals surface area (Å²) in [6.45, 7) is 12.5. The number of aliphatic hydroxyl groups excluding tert-OH is 1. The van der Waals surface area contributed by atoms with Crippen molar-refractivity contribution < 1.29 is 43.5 Å². The van der Waals surface area contributed by atoms with E-state index >= 15 is 0 Å². The van der Waals surface area contributed by atoms with Crippen LogP contribution in [0.15, 0.2) is 30.3 Å². The molecule has 0 bridgehead atoms. The third-order valence-corrected chi connectivity index (χ3v) is 11.3. The van der Waals surface area contributed by atoms with E-state index in [1.54, 1.807) is 30.9 Å². The van der Waals surface area contributed by atoms with E-state index in [0.717, 1.165) is 24.8 Å². The number of likely N-dealkylation sites (N-methyl/N-ethyl adjacent to an activating group) is 3. The number of carbonyl (C=O) groups is 8. The monoisotopic (exact) mass is 855 g/mol. The lowest BCUT2D eigenvalue weighted by atomic mass is 9.98. The molecule has 0 aliphatic carbocycles. The van der Waals surface area contributed by atoms with Crippen LogP contribution < -0.4 is 21.3 Å². The molecule has 0 radical (unpaired) electrons. The summed E-state index contributed by atoms with van der Waals surface area (Å²) in [5, 5.41) is 21.5. The Balaban J connectivity index is 2.17. The van der Waals surface area contributed by atoms with E-state index in [4.69, 9.17) is 0 Å². The van der Waals surface area contributed by atoms with Crippen LogP contribution in [0.1, 0.15) is 92.6 Å². The number of aliphatic hydroxyl groups is 1. The fourth-order valence-electron chi connectivity index (χ4n) is 7.67. The lowest BCUT2D eigenvalue weighted by Crippen LogP contribution is -2.62. The zero-order valence-electron chi connectivity index (χ0n) is 37.7. The van der Waals surface area contributed by atoms with Gasteiger partial charge in [0.05, 0.1) is 19.1 Å². The molecule has 2 fully saturated rings. The van der Waals surface area contributed by atoms with Gasteiger partial charge in [0.25, 0.3) is 0 Å². The summed E-state index contributed by atoms with van der Waals surface area (Å²) in [5.41, 5.74) is 0.736. The summed E-state index contributed by atoms with van der Waals surface area (Å²) in [6, 6.07) is 1.47. The van der Waals surface area contributed by atoms with Gasteiger partial charge in [0.2, 0.25) is 47.3 Å². The van der Waals surface area contributed by atoms with Gasteiger partial charge in [-0.3, -0.25) is 38.4 Å². The van der Waals surface area contributed by atoms with Gasteiger partial charge in [-0.2, -0.15) is 0 Å². The Hall–Kier alpha value is -5.06. The Labute approximate surface area is 361 Å². The first-order valence-corrected chi connectivity index (χ1v) is 21.6. The number of benzene rings is 1. The van der Waals surface area contributed by atoms with Crippen LogP contribution in [0, 0.1) is 17.8 Å². The molecule has 2 saturated heterocycles. The molecule has 17 nitrogen and oxygen atoms in total. The highest BCUT2D eigenvalue weighted by atomic mass is 16.3. The molecule has 7 atom stereocenters. The highest BCUT2D eigenvalue weighted by molar-refractivity contribution is 5.98. The third-order valence-electron chi connectivity index (χ3n) is 11.3. The maximum absolute atomic E-state index is 14.4. The molecule has 2 aliphatic heterocycles.